The van der Waals surface area contributed by atoms with Gasteiger partial charge in [-0.25, -0.2) is 0 Å². The molecule has 4 heterocycles. The van der Waals surface area contributed by atoms with E-state index < -0.39 is 0 Å². The minimum atomic E-state index is -0.377. The Kier molecular flexibility index (Phi) is 12.0. The SMILES string of the molecule is CC1(C)CN=Cc2ccc(c(O)c2O)C=NCC(C)(C)CN=Cc2ccc(c(O)c2O)C=NCC(C)(C)CN=Cc2ccc(c(O)c2O)C=NC1. The summed E-state index contributed by atoms with van der Waals surface area (Å²) in [6, 6.07) is 9.88. The van der Waals surface area contributed by atoms with Crippen LogP contribution in [0.4, 0.5) is 0 Å². The Bertz CT molecular complexity index is 1560. The van der Waals surface area contributed by atoms with Gasteiger partial charge in [0, 0.05) is 126 Å². The van der Waals surface area contributed by atoms with Gasteiger partial charge in [0.15, 0.2) is 34.5 Å². The third-order valence-corrected chi connectivity index (χ3v) is 8.14. The van der Waals surface area contributed by atoms with Gasteiger partial charge in [0.25, 0.3) is 0 Å². The number of nitrogens with zero attached hydrogens (tertiary/aromatic N) is 6. The van der Waals surface area contributed by atoms with Crippen LogP contribution in [0.3, 0.4) is 0 Å². The highest BCUT2D eigenvalue weighted by molar-refractivity contribution is 5.93. The van der Waals surface area contributed by atoms with Gasteiger partial charge in [-0.05, 0) is 36.4 Å². The molecule has 4 aliphatic heterocycles. The lowest BCUT2D eigenvalue weighted by Gasteiger charge is -2.19. The summed E-state index contributed by atoms with van der Waals surface area (Å²) in [5, 5.41) is 63.9. The van der Waals surface area contributed by atoms with Gasteiger partial charge in [0.05, 0.1) is 0 Å². The maximum Gasteiger partial charge on any atom is 0.167 e. The molecule has 0 aliphatic carbocycles. The van der Waals surface area contributed by atoms with Crippen LogP contribution in [0.1, 0.15) is 74.9 Å². The molecule has 3 aromatic carbocycles. The molecule has 0 amide bonds. The Morgan fingerprint density at radius 1 is 0.314 bits per heavy atom. The molecule has 0 fully saturated rings. The van der Waals surface area contributed by atoms with Crippen LogP contribution in [-0.2, 0) is 0 Å². The van der Waals surface area contributed by atoms with E-state index in [-0.39, 0.29) is 50.7 Å². The molecule has 270 valence electrons. The average Bonchev–Trinajstić information content (AvgIpc) is 3.05. The molecule has 0 aromatic heterocycles. The third-order valence-electron chi connectivity index (χ3n) is 8.14. The van der Waals surface area contributed by atoms with Gasteiger partial charge in [0.1, 0.15) is 0 Å². The average molecular weight is 697 g/mol. The Morgan fingerprint density at radius 3 is 0.588 bits per heavy atom. The van der Waals surface area contributed by atoms with Crippen molar-refractivity contribution in [1.29, 1.82) is 0 Å². The summed E-state index contributed by atoms with van der Waals surface area (Å²) < 4.78 is 0. The molecule has 51 heavy (non-hydrogen) atoms. The first-order valence-corrected chi connectivity index (χ1v) is 16.6. The molecule has 0 saturated heterocycles. The highest BCUT2D eigenvalue weighted by Crippen LogP contribution is 2.34. The zero-order chi connectivity index (χ0) is 37.4. The van der Waals surface area contributed by atoms with Crippen molar-refractivity contribution < 1.29 is 30.6 Å². The predicted octanol–water partition coefficient (Wildman–Crippen LogP) is 5.93. The van der Waals surface area contributed by atoms with E-state index in [1.54, 1.807) is 36.4 Å². The van der Waals surface area contributed by atoms with Gasteiger partial charge < -0.3 is 30.6 Å². The molecule has 7 rings (SSSR count). The van der Waals surface area contributed by atoms with Crippen LogP contribution in [0.2, 0.25) is 0 Å². The topological polar surface area (TPSA) is 196 Å². The van der Waals surface area contributed by atoms with Gasteiger partial charge >= 0.3 is 0 Å². The number of hydrogen-bond donors (Lipinski definition) is 6. The number of fused-ring (bicyclic) bond motifs is 3. The van der Waals surface area contributed by atoms with Gasteiger partial charge in [-0.15, -0.1) is 0 Å². The molecule has 6 N–H and O–H groups in total. The van der Waals surface area contributed by atoms with Crippen molar-refractivity contribution in [2.24, 2.45) is 46.2 Å². The minimum Gasteiger partial charge on any atom is -0.504 e. The highest BCUT2D eigenvalue weighted by Gasteiger charge is 2.20. The van der Waals surface area contributed by atoms with Gasteiger partial charge in [-0.2, -0.15) is 0 Å². The lowest BCUT2D eigenvalue weighted by atomic mass is 9.94. The molecule has 0 spiro atoms. The van der Waals surface area contributed by atoms with Crippen LogP contribution < -0.4 is 0 Å². The van der Waals surface area contributed by atoms with Crippen LogP contribution in [0.15, 0.2) is 66.4 Å². The summed E-state index contributed by atoms with van der Waals surface area (Å²) in [5.41, 5.74) is 0.965. The second-order valence-corrected chi connectivity index (χ2v) is 15.1. The molecular formula is C39H48N6O6. The van der Waals surface area contributed by atoms with Crippen molar-refractivity contribution in [2.45, 2.75) is 41.5 Å². The van der Waals surface area contributed by atoms with Crippen LogP contribution in [0.5, 0.6) is 34.5 Å². The molecule has 12 heteroatoms. The normalized spacial score (nSPS) is 18.0. The zero-order valence-corrected chi connectivity index (χ0v) is 30.0. The van der Waals surface area contributed by atoms with E-state index in [0.29, 0.717) is 72.6 Å². The van der Waals surface area contributed by atoms with Gasteiger partial charge in [-0.3, -0.25) is 30.0 Å². The van der Waals surface area contributed by atoms with Crippen molar-refractivity contribution in [1.82, 2.24) is 0 Å². The molecular weight excluding hydrogens is 648 g/mol. The highest BCUT2D eigenvalue weighted by atomic mass is 16.3. The Balaban J connectivity index is 1.62. The van der Waals surface area contributed by atoms with E-state index in [2.05, 4.69) is 30.0 Å². The molecule has 0 unspecified atom stereocenters. The summed E-state index contributed by atoms with van der Waals surface area (Å²) in [7, 11) is 0. The largest absolute Gasteiger partial charge is 0.504 e. The Labute approximate surface area is 298 Å². The maximum atomic E-state index is 10.6. The second kappa shape index (κ2) is 16.0. The van der Waals surface area contributed by atoms with Gasteiger partial charge in [0.2, 0.25) is 0 Å². The summed E-state index contributed by atoms with van der Waals surface area (Å²) in [6.45, 7) is 14.1. The molecule has 0 saturated carbocycles. The smallest absolute Gasteiger partial charge is 0.167 e. The molecule has 0 atom stereocenters. The lowest BCUT2D eigenvalue weighted by molar-refractivity contribution is 0.394. The van der Waals surface area contributed by atoms with E-state index in [4.69, 9.17) is 0 Å². The minimum absolute atomic E-state index is 0.308. The number of phenols is 6. The third kappa shape index (κ3) is 10.5. The van der Waals surface area contributed by atoms with E-state index in [0.717, 1.165) is 0 Å². The van der Waals surface area contributed by atoms with E-state index >= 15 is 0 Å². The first-order chi connectivity index (χ1) is 24.0. The first kappa shape index (κ1) is 38.3. The number of benzene rings is 3. The fraction of sp³-hybridized carbons (Fsp3) is 0.385. The lowest BCUT2D eigenvalue weighted by Crippen LogP contribution is -2.20. The second-order valence-electron chi connectivity index (χ2n) is 15.1. The van der Waals surface area contributed by atoms with Crippen molar-refractivity contribution in [3.8, 4) is 34.5 Å². The first-order valence-electron chi connectivity index (χ1n) is 16.6. The monoisotopic (exact) mass is 696 g/mol. The molecule has 3 aromatic rings. The number of aromatic hydroxyl groups is 6. The van der Waals surface area contributed by atoms with Crippen LogP contribution in [-0.4, -0.2) is 107 Å². The van der Waals surface area contributed by atoms with Crippen molar-refractivity contribution in [2.75, 3.05) is 39.3 Å². The zero-order valence-electron chi connectivity index (χ0n) is 30.0. The Hall–Kier alpha value is -5.52. The van der Waals surface area contributed by atoms with Crippen molar-refractivity contribution in [3.05, 3.63) is 69.8 Å². The maximum absolute atomic E-state index is 10.6. The number of rotatable bonds is 0. The number of aliphatic imine (C=N–C) groups is 6. The fourth-order valence-corrected chi connectivity index (χ4v) is 4.95. The van der Waals surface area contributed by atoms with Crippen LogP contribution in [0, 0.1) is 16.2 Å². The quantitative estimate of drug-likeness (QED) is 0.158. The van der Waals surface area contributed by atoms with Crippen LogP contribution >= 0.6 is 0 Å². The summed E-state index contributed by atoms with van der Waals surface area (Å²) >= 11 is 0. The number of phenolic OH excluding ortho intramolecular Hbond substituents is 6. The number of hydrogen-bond acceptors (Lipinski definition) is 12. The van der Waals surface area contributed by atoms with E-state index in [9.17, 15) is 30.6 Å². The molecule has 0 radical (unpaired) electrons. The molecule has 6 bridgehead atoms. The van der Waals surface area contributed by atoms with Crippen molar-refractivity contribution in [3.63, 3.8) is 0 Å². The predicted molar refractivity (Wildman–Crippen MR) is 205 cm³/mol. The standard InChI is InChI=1S/C39H48N6O6/c1-37(2)19-40-13-25-7-9-27(33(48)31(25)46)15-42-21-38(3,4)23-44-17-29-11-12-30(36(51)35(29)50)18-45-24-39(5,6)22-43-16-28-10-8-26(14-41-20-37)32(47)34(28)49/h7-18,46-51H,19-24H2,1-6H3. The van der Waals surface area contributed by atoms with E-state index in [1.807, 2.05) is 41.5 Å². The van der Waals surface area contributed by atoms with Crippen molar-refractivity contribution >= 4 is 37.3 Å². The summed E-state index contributed by atoms with van der Waals surface area (Å²) in [4.78, 5) is 26.8. The van der Waals surface area contributed by atoms with E-state index in [1.165, 1.54) is 37.3 Å². The summed E-state index contributed by atoms with van der Waals surface area (Å²) in [5.74, 6) is -1.85. The molecule has 12 nitrogen and oxygen atoms in total. The van der Waals surface area contributed by atoms with Gasteiger partial charge in [-0.1, -0.05) is 41.5 Å². The fourth-order valence-electron chi connectivity index (χ4n) is 4.95. The van der Waals surface area contributed by atoms with Crippen LogP contribution in [0.25, 0.3) is 0 Å². The summed E-state index contributed by atoms with van der Waals surface area (Å²) in [6.07, 6.45) is 8.98. The molecule has 4 aliphatic rings. The Morgan fingerprint density at radius 2 is 0.451 bits per heavy atom.